The highest BCUT2D eigenvalue weighted by atomic mass is 35.5. The van der Waals surface area contributed by atoms with Crippen molar-refractivity contribution in [3.63, 3.8) is 0 Å². The van der Waals surface area contributed by atoms with Crippen molar-refractivity contribution in [3.05, 3.63) is 17.4 Å². The van der Waals surface area contributed by atoms with Crippen molar-refractivity contribution in [2.75, 3.05) is 5.32 Å². The fourth-order valence-corrected chi connectivity index (χ4v) is 1.12. The maximum Gasteiger partial charge on any atom is 0.152 e. The molecule has 1 aromatic heterocycles. The smallest absolute Gasteiger partial charge is 0.152 e. The first-order valence-electron chi connectivity index (χ1n) is 3.98. The van der Waals surface area contributed by atoms with Crippen molar-refractivity contribution >= 4 is 30.6 Å². The van der Waals surface area contributed by atoms with Crippen LogP contribution in [0.25, 0.3) is 0 Å². The van der Waals surface area contributed by atoms with Crippen molar-refractivity contribution in [1.82, 2.24) is 4.98 Å². The minimum absolute atomic E-state index is 0.381. The van der Waals surface area contributed by atoms with Crippen LogP contribution in [-0.4, -0.2) is 18.9 Å². The monoisotopic (exact) mass is 182 g/mol. The van der Waals surface area contributed by atoms with Crippen molar-refractivity contribution in [1.29, 1.82) is 0 Å². The van der Waals surface area contributed by atoms with Crippen molar-refractivity contribution < 1.29 is 0 Å². The lowest BCUT2D eigenvalue weighted by molar-refractivity contribution is 0.898. The molecule has 0 aromatic carbocycles. The van der Waals surface area contributed by atoms with Crippen LogP contribution in [0.1, 0.15) is 13.8 Å². The van der Waals surface area contributed by atoms with Crippen LogP contribution in [0, 0.1) is 0 Å². The second-order valence-corrected chi connectivity index (χ2v) is 3.51. The Kier molecular flexibility index (Phi) is 2.98. The SMILES string of the molecule is Bc1cnc(Cl)c(NC(C)C)c1. The topological polar surface area (TPSA) is 24.9 Å². The van der Waals surface area contributed by atoms with E-state index < -0.39 is 0 Å². The van der Waals surface area contributed by atoms with Crippen LogP contribution in [0.15, 0.2) is 12.3 Å². The van der Waals surface area contributed by atoms with Gasteiger partial charge in [0.1, 0.15) is 7.85 Å². The second-order valence-electron chi connectivity index (χ2n) is 3.15. The minimum atomic E-state index is 0.381. The molecule has 0 atom stereocenters. The molecule has 0 radical (unpaired) electrons. The zero-order chi connectivity index (χ0) is 9.14. The van der Waals surface area contributed by atoms with E-state index in [2.05, 4.69) is 24.1 Å². The molecule has 64 valence electrons. The first-order chi connectivity index (χ1) is 5.59. The Morgan fingerprint density at radius 1 is 1.58 bits per heavy atom. The van der Waals surface area contributed by atoms with Gasteiger partial charge in [0.25, 0.3) is 0 Å². The Balaban J connectivity index is 2.90. The molecule has 4 heteroatoms. The van der Waals surface area contributed by atoms with Gasteiger partial charge < -0.3 is 5.32 Å². The standard InChI is InChI=1S/C8H12BClN2/c1-5(2)12-7-3-6(9)4-11-8(7)10/h3-5,12H,9H2,1-2H3. The molecule has 1 N–H and O–H groups in total. The van der Waals surface area contributed by atoms with E-state index in [0.717, 1.165) is 11.2 Å². The lowest BCUT2D eigenvalue weighted by atomic mass is 9.98. The average Bonchev–Trinajstić information content (AvgIpc) is 1.96. The minimum Gasteiger partial charge on any atom is -0.380 e. The second kappa shape index (κ2) is 3.81. The molecular weight excluding hydrogens is 170 g/mol. The van der Waals surface area contributed by atoms with E-state index in [4.69, 9.17) is 11.6 Å². The summed E-state index contributed by atoms with van der Waals surface area (Å²) in [6, 6.07) is 2.38. The number of halogens is 1. The molecular formula is C8H12BClN2. The van der Waals surface area contributed by atoms with Gasteiger partial charge in [0.2, 0.25) is 0 Å². The van der Waals surface area contributed by atoms with E-state index in [0.29, 0.717) is 11.2 Å². The quantitative estimate of drug-likeness (QED) is 0.541. The van der Waals surface area contributed by atoms with Gasteiger partial charge in [-0.2, -0.15) is 0 Å². The zero-order valence-corrected chi connectivity index (χ0v) is 8.31. The van der Waals surface area contributed by atoms with Gasteiger partial charge in [-0.15, -0.1) is 0 Å². The molecule has 1 rings (SSSR count). The van der Waals surface area contributed by atoms with Gasteiger partial charge in [0.05, 0.1) is 5.69 Å². The van der Waals surface area contributed by atoms with Gasteiger partial charge in [-0.25, -0.2) is 4.98 Å². The van der Waals surface area contributed by atoms with E-state index in [-0.39, 0.29) is 0 Å². The highest BCUT2D eigenvalue weighted by Crippen LogP contribution is 2.16. The highest BCUT2D eigenvalue weighted by Gasteiger charge is 2.01. The van der Waals surface area contributed by atoms with E-state index in [9.17, 15) is 0 Å². The Labute approximate surface area is 78.8 Å². The molecule has 0 unspecified atom stereocenters. The van der Waals surface area contributed by atoms with E-state index >= 15 is 0 Å². The lowest BCUT2D eigenvalue weighted by Gasteiger charge is -2.11. The van der Waals surface area contributed by atoms with E-state index in [1.165, 1.54) is 0 Å². The maximum absolute atomic E-state index is 5.87. The Morgan fingerprint density at radius 3 is 2.83 bits per heavy atom. The predicted octanol–water partition coefficient (Wildman–Crippen LogP) is 0.814. The Bertz CT molecular complexity index is 276. The number of nitrogens with one attached hydrogen (secondary N) is 1. The summed E-state index contributed by atoms with van der Waals surface area (Å²) in [5.41, 5.74) is 2.02. The third-order valence-electron chi connectivity index (χ3n) is 1.42. The largest absolute Gasteiger partial charge is 0.380 e. The number of hydrogen-bond acceptors (Lipinski definition) is 2. The normalized spacial score (nSPS) is 10.3. The molecule has 0 aliphatic heterocycles. The molecule has 0 saturated heterocycles. The summed E-state index contributed by atoms with van der Waals surface area (Å²) in [5, 5.41) is 3.76. The van der Waals surface area contributed by atoms with Gasteiger partial charge in [0, 0.05) is 12.2 Å². The molecule has 12 heavy (non-hydrogen) atoms. The summed E-state index contributed by atoms with van der Waals surface area (Å²) in [6.07, 6.45) is 1.76. The van der Waals surface area contributed by atoms with E-state index in [1.807, 2.05) is 13.9 Å². The first-order valence-corrected chi connectivity index (χ1v) is 4.36. The number of pyridine rings is 1. The Hall–Kier alpha value is -0.695. The van der Waals surface area contributed by atoms with Crippen molar-refractivity contribution in [2.45, 2.75) is 19.9 Å². The van der Waals surface area contributed by atoms with Gasteiger partial charge in [-0.3, -0.25) is 0 Å². The summed E-state index contributed by atoms with van der Waals surface area (Å²) in [7, 11) is 1.99. The highest BCUT2D eigenvalue weighted by molar-refractivity contribution is 6.35. The summed E-state index contributed by atoms with van der Waals surface area (Å²) < 4.78 is 0. The van der Waals surface area contributed by atoms with Crippen LogP contribution in [0.4, 0.5) is 5.69 Å². The zero-order valence-electron chi connectivity index (χ0n) is 7.56. The molecule has 0 amide bonds. The average molecular weight is 182 g/mol. The summed E-state index contributed by atoms with van der Waals surface area (Å²) in [5.74, 6) is 0. The van der Waals surface area contributed by atoms with Gasteiger partial charge in [-0.05, 0) is 19.9 Å². The number of rotatable bonds is 2. The van der Waals surface area contributed by atoms with Crippen LogP contribution >= 0.6 is 11.6 Å². The van der Waals surface area contributed by atoms with Crippen molar-refractivity contribution in [3.8, 4) is 0 Å². The van der Waals surface area contributed by atoms with Crippen LogP contribution in [0.3, 0.4) is 0 Å². The van der Waals surface area contributed by atoms with E-state index in [1.54, 1.807) is 6.20 Å². The molecule has 0 aliphatic rings. The summed E-state index contributed by atoms with van der Waals surface area (Å²) in [4.78, 5) is 4.03. The maximum atomic E-state index is 5.87. The molecule has 0 saturated carbocycles. The van der Waals surface area contributed by atoms with Crippen LogP contribution in [0.2, 0.25) is 5.15 Å². The van der Waals surface area contributed by atoms with Gasteiger partial charge in [0.15, 0.2) is 5.15 Å². The molecule has 1 heterocycles. The molecule has 0 bridgehead atoms. The molecule has 0 spiro atoms. The summed E-state index contributed by atoms with van der Waals surface area (Å²) >= 11 is 5.87. The van der Waals surface area contributed by atoms with Crippen LogP contribution in [-0.2, 0) is 0 Å². The summed E-state index contributed by atoms with van der Waals surface area (Å²) in [6.45, 7) is 4.14. The Morgan fingerprint density at radius 2 is 2.25 bits per heavy atom. The molecule has 2 nitrogen and oxygen atoms in total. The molecule has 0 fully saturated rings. The number of aromatic nitrogens is 1. The molecule has 0 aliphatic carbocycles. The van der Waals surface area contributed by atoms with Gasteiger partial charge in [-0.1, -0.05) is 17.1 Å². The number of anilines is 1. The third kappa shape index (κ3) is 2.41. The van der Waals surface area contributed by atoms with Crippen LogP contribution < -0.4 is 10.8 Å². The first kappa shape index (κ1) is 9.39. The third-order valence-corrected chi connectivity index (χ3v) is 1.72. The number of hydrogen-bond donors (Lipinski definition) is 1. The van der Waals surface area contributed by atoms with Crippen molar-refractivity contribution in [2.24, 2.45) is 0 Å². The lowest BCUT2D eigenvalue weighted by Crippen LogP contribution is -2.13. The van der Waals surface area contributed by atoms with Gasteiger partial charge >= 0.3 is 0 Å². The fourth-order valence-electron chi connectivity index (χ4n) is 0.965. The molecule has 1 aromatic rings. The fraction of sp³-hybridized carbons (Fsp3) is 0.375. The predicted molar refractivity (Wildman–Crippen MR) is 56.2 cm³/mol. The van der Waals surface area contributed by atoms with Crippen LogP contribution in [0.5, 0.6) is 0 Å². The number of nitrogens with zero attached hydrogens (tertiary/aromatic N) is 1.